The van der Waals surface area contributed by atoms with E-state index in [1.807, 2.05) is 0 Å². The summed E-state index contributed by atoms with van der Waals surface area (Å²) in [5, 5.41) is 0. The maximum Gasteiger partial charge on any atom is 0.459 e. The van der Waals surface area contributed by atoms with Gasteiger partial charge in [0.2, 0.25) is 0 Å². The van der Waals surface area contributed by atoms with Crippen LogP contribution in [0.25, 0.3) is 0 Å². The van der Waals surface area contributed by atoms with Gasteiger partial charge in [-0.25, -0.2) is 0 Å². The summed E-state index contributed by atoms with van der Waals surface area (Å²) in [6.45, 7) is 7.16. The summed E-state index contributed by atoms with van der Waals surface area (Å²) in [4.78, 5) is 0. The highest BCUT2D eigenvalue weighted by Crippen LogP contribution is 2.30. The largest absolute Gasteiger partial charge is 0.519 e. The first-order valence-electron chi connectivity index (χ1n) is 4.40. The quantitative estimate of drug-likeness (QED) is 0.494. The molecule has 1 heterocycles. The minimum atomic E-state index is -1.92. The molecule has 1 aliphatic heterocycles. The van der Waals surface area contributed by atoms with Crippen molar-refractivity contribution in [2.24, 2.45) is 0 Å². The molecule has 0 radical (unpaired) electrons. The Morgan fingerprint density at radius 2 is 1.42 bits per heavy atom. The zero-order valence-corrected chi connectivity index (χ0v) is 8.42. The number of rotatable bonds is 4. The summed E-state index contributed by atoms with van der Waals surface area (Å²) in [5.74, 6) is 0. The van der Waals surface area contributed by atoms with Crippen molar-refractivity contribution in [3.05, 3.63) is 25.7 Å². The van der Waals surface area contributed by atoms with Crippen molar-refractivity contribution in [2.45, 2.75) is 31.4 Å². The molecular formula is C9H16O2Si. The molecule has 0 spiro atoms. The zero-order chi connectivity index (χ0) is 8.86. The molecule has 0 aliphatic carbocycles. The van der Waals surface area contributed by atoms with Gasteiger partial charge in [0.15, 0.2) is 0 Å². The fourth-order valence-corrected chi connectivity index (χ4v) is 4.62. The van der Waals surface area contributed by atoms with Crippen molar-refractivity contribution in [1.82, 2.24) is 0 Å². The van der Waals surface area contributed by atoms with E-state index in [4.69, 9.17) is 8.85 Å². The fourth-order valence-electron chi connectivity index (χ4n) is 1.66. The van der Waals surface area contributed by atoms with E-state index in [0.717, 1.165) is 12.1 Å². The van der Waals surface area contributed by atoms with Crippen LogP contribution in [0, 0.1) is 0 Å². The Bertz CT molecular complexity index is 150. The lowest BCUT2D eigenvalue weighted by Gasteiger charge is -2.31. The van der Waals surface area contributed by atoms with E-state index in [-0.39, 0.29) is 0 Å². The molecule has 0 atom stereocenters. The minimum Gasteiger partial charge on any atom is -0.519 e. The van der Waals surface area contributed by atoms with Crippen molar-refractivity contribution >= 4 is 8.56 Å². The Morgan fingerprint density at radius 1 is 0.917 bits per heavy atom. The molecule has 12 heavy (non-hydrogen) atoms. The standard InChI is InChI=1S/C9H16O2Si/c1-3-10-12(11-4-2)8-6-5-7-9-12/h3-4H,1-2,5-9H2. The first-order valence-corrected chi connectivity index (χ1v) is 6.63. The molecule has 1 rings (SSSR count). The molecule has 1 saturated heterocycles. The van der Waals surface area contributed by atoms with Crippen LogP contribution in [-0.2, 0) is 8.85 Å². The van der Waals surface area contributed by atoms with Gasteiger partial charge in [0.1, 0.15) is 0 Å². The van der Waals surface area contributed by atoms with E-state index in [0.29, 0.717) is 0 Å². The van der Waals surface area contributed by atoms with Crippen molar-refractivity contribution in [1.29, 1.82) is 0 Å². The second-order valence-corrected chi connectivity index (χ2v) is 6.33. The van der Waals surface area contributed by atoms with Gasteiger partial charge in [-0.15, -0.1) is 0 Å². The Labute approximate surface area is 75.1 Å². The second kappa shape index (κ2) is 4.35. The smallest absolute Gasteiger partial charge is 0.459 e. The monoisotopic (exact) mass is 184 g/mol. The third-order valence-electron chi connectivity index (χ3n) is 2.21. The average molecular weight is 184 g/mol. The van der Waals surface area contributed by atoms with Crippen molar-refractivity contribution in [3.63, 3.8) is 0 Å². The molecule has 1 aliphatic rings. The molecule has 68 valence electrons. The summed E-state index contributed by atoms with van der Waals surface area (Å²) in [5.41, 5.74) is 0. The maximum absolute atomic E-state index is 5.52. The highest BCUT2D eigenvalue weighted by molar-refractivity contribution is 6.68. The van der Waals surface area contributed by atoms with Gasteiger partial charge < -0.3 is 8.85 Å². The van der Waals surface area contributed by atoms with Crippen LogP contribution in [0.5, 0.6) is 0 Å². The predicted molar refractivity (Wildman–Crippen MR) is 51.8 cm³/mol. The van der Waals surface area contributed by atoms with Gasteiger partial charge in [0.25, 0.3) is 0 Å². The SMILES string of the molecule is C=CO[Si]1(OC=C)CCCCC1. The molecule has 3 heteroatoms. The van der Waals surface area contributed by atoms with Crippen molar-refractivity contribution in [3.8, 4) is 0 Å². The highest BCUT2D eigenvalue weighted by atomic mass is 28.4. The van der Waals surface area contributed by atoms with Crippen molar-refractivity contribution < 1.29 is 8.85 Å². The van der Waals surface area contributed by atoms with E-state index in [1.54, 1.807) is 0 Å². The van der Waals surface area contributed by atoms with Gasteiger partial charge in [0, 0.05) is 12.1 Å². The molecule has 2 nitrogen and oxygen atoms in total. The lowest BCUT2D eigenvalue weighted by Crippen LogP contribution is -2.40. The number of hydrogen-bond donors (Lipinski definition) is 0. The van der Waals surface area contributed by atoms with E-state index in [9.17, 15) is 0 Å². The molecule has 0 aromatic carbocycles. The molecule has 0 bridgehead atoms. The van der Waals surface area contributed by atoms with Crippen LogP contribution < -0.4 is 0 Å². The molecular weight excluding hydrogens is 168 g/mol. The molecule has 1 fully saturated rings. The van der Waals surface area contributed by atoms with Gasteiger partial charge in [0.05, 0.1) is 12.5 Å². The van der Waals surface area contributed by atoms with Gasteiger partial charge >= 0.3 is 8.56 Å². The molecule has 0 aromatic rings. The highest BCUT2D eigenvalue weighted by Gasteiger charge is 2.41. The third-order valence-corrected chi connectivity index (χ3v) is 5.63. The van der Waals surface area contributed by atoms with Crippen LogP contribution in [-0.4, -0.2) is 8.56 Å². The molecule has 0 saturated carbocycles. The van der Waals surface area contributed by atoms with Gasteiger partial charge in [-0.3, -0.25) is 0 Å². The van der Waals surface area contributed by atoms with E-state index < -0.39 is 8.56 Å². The van der Waals surface area contributed by atoms with Gasteiger partial charge in [-0.1, -0.05) is 19.6 Å². The molecule has 0 aromatic heterocycles. The molecule has 0 unspecified atom stereocenters. The zero-order valence-electron chi connectivity index (χ0n) is 7.42. The Hall–Kier alpha value is -0.703. The predicted octanol–water partition coefficient (Wildman–Crippen LogP) is 2.93. The van der Waals surface area contributed by atoms with Crippen LogP contribution in [0.1, 0.15) is 19.3 Å². The Balaban J connectivity index is 2.55. The van der Waals surface area contributed by atoms with Crippen LogP contribution in [0.2, 0.25) is 12.1 Å². The lowest BCUT2D eigenvalue weighted by molar-refractivity contribution is 0.290. The first kappa shape index (κ1) is 9.39. The summed E-state index contributed by atoms with van der Waals surface area (Å²) < 4.78 is 11.0. The summed E-state index contributed by atoms with van der Waals surface area (Å²) in [6, 6.07) is 2.15. The van der Waals surface area contributed by atoms with Crippen LogP contribution in [0.4, 0.5) is 0 Å². The van der Waals surface area contributed by atoms with E-state index in [1.165, 1.54) is 31.8 Å². The van der Waals surface area contributed by atoms with Gasteiger partial charge in [-0.2, -0.15) is 0 Å². The topological polar surface area (TPSA) is 18.5 Å². The first-order chi connectivity index (χ1) is 5.83. The summed E-state index contributed by atoms with van der Waals surface area (Å²) >= 11 is 0. The third kappa shape index (κ3) is 2.14. The van der Waals surface area contributed by atoms with Crippen molar-refractivity contribution in [2.75, 3.05) is 0 Å². The van der Waals surface area contributed by atoms with Crippen LogP contribution >= 0.6 is 0 Å². The van der Waals surface area contributed by atoms with E-state index in [2.05, 4.69) is 13.2 Å². The Kier molecular flexibility index (Phi) is 3.41. The average Bonchev–Trinajstić information content (AvgIpc) is 2.07. The maximum atomic E-state index is 5.52. The normalized spacial score (nSPS) is 21.0. The summed E-state index contributed by atoms with van der Waals surface area (Å²) in [7, 11) is -1.92. The second-order valence-electron chi connectivity index (χ2n) is 3.04. The molecule has 0 N–H and O–H groups in total. The van der Waals surface area contributed by atoms with Crippen LogP contribution in [0.15, 0.2) is 25.7 Å². The van der Waals surface area contributed by atoms with Gasteiger partial charge in [-0.05, 0) is 12.8 Å². The number of hydrogen-bond acceptors (Lipinski definition) is 2. The molecule has 0 amide bonds. The van der Waals surface area contributed by atoms with E-state index >= 15 is 0 Å². The fraction of sp³-hybridized carbons (Fsp3) is 0.556. The minimum absolute atomic E-state index is 1.07. The van der Waals surface area contributed by atoms with Crippen LogP contribution in [0.3, 0.4) is 0 Å². The lowest BCUT2D eigenvalue weighted by atomic mass is 10.3. The Morgan fingerprint density at radius 3 is 1.83 bits per heavy atom. The summed E-state index contributed by atoms with van der Waals surface area (Å²) in [6.07, 6.45) is 6.76.